The maximum atomic E-state index is 12.5. The summed E-state index contributed by atoms with van der Waals surface area (Å²) in [4.78, 5) is 23.8. The zero-order valence-electron chi connectivity index (χ0n) is 13.8. The highest BCUT2D eigenvalue weighted by Gasteiger charge is 2.17. The molecule has 0 bridgehead atoms. The van der Waals surface area contributed by atoms with E-state index in [0.717, 1.165) is 24.8 Å². The van der Waals surface area contributed by atoms with Crippen molar-refractivity contribution in [2.24, 2.45) is 0 Å². The fourth-order valence-corrected chi connectivity index (χ4v) is 2.51. The maximum Gasteiger partial charge on any atom is 0.336 e. The number of carbonyl (C=O) groups excluding carboxylic acids is 1. The minimum atomic E-state index is -1.09. The molecular formula is C20H22O4. The Kier molecular flexibility index (Phi) is 6.55. The molecule has 0 aliphatic heterocycles. The highest BCUT2D eigenvalue weighted by molar-refractivity contribution is 6.06. The van der Waals surface area contributed by atoms with Gasteiger partial charge in [-0.15, -0.1) is 0 Å². The van der Waals surface area contributed by atoms with Gasteiger partial charge < -0.3 is 9.84 Å². The summed E-state index contributed by atoms with van der Waals surface area (Å²) in [5.74, 6) is -0.629. The van der Waals surface area contributed by atoms with Crippen LogP contribution in [0.25, 0.3) is 0 Å². The largest absolute Gasteiger partial charge is 0.493 e. The number of rotatable bonds is 9. The predicted molar refractivity (Wildman–Crippen MR) is 92.9 cm³/mol. The lowest BCUT2D eigenvalue weighted by Crippen LogP contribution is -2.11. The number of carboxylic acids is 1. The summed E-state index contributed by atoms with van der Waals surface area (Å²) in [6, 6.07) is 13.7. The van der Waals surface area contributed by atoms with E-state index in [1.807, 2.05) is 24.3 Å². The third-order valence-electron chi connectivity index (χ3n) is 3.79. The van der Waals surface area contributed by atoms with Crippen molar-refractivity contribution in [1.29, 1.82) is 0 Å². The maximum absolute atomic E-state index is 12.5. The highest BCUT2D eigenvalue weighted by Crippen LogP contribution is 2.21. The second kappa shape index (κ2) is 8.87. The molecule has 2 aromatic carbocycles. The summed E-state index contributed by atoms with van der Waals surface area (Å²) in [5.41, 5.74) is 1.04. The molecule has 0 aromatic heterocycles. The Labute approximate surface area is 142 Å². The van der Waals surface area contributed by atoms with E-state index in [1.54, 1.807) is 18.2 Å². The van der Waals surface area contributed by atoms with Crippen molar-refractivity contribution in [2.45, 2.75) is 32.6 Å². The molecule has 24 heavy (non-hydrogen) atoms. The summed E-state index contributed by atoms with van der Waals surface area (Å²) in [7, 11) is 0. The average molecular weight is 326 g/mol. The van der Waals surface area contributed by atoms with Gasteiger partial charge in [0.15, 0.2) is 5.78 Å². The van der Waals surface area contributed by atoms with Gasteiger partial charge in [0, 0.05) is 17.5 Å². The first kappa shape index (κ1) is 17.7. The first-order chi connectivity index (χ1) is 11.6. The minimum Gasteiger partial charge on any atom is -0.493 e. The summed E-state index contributed by atoms with van der Waals surface area (Å²) in [6.45, 7) is 2.75. The van der Waals surface area contributed by atoms with Crippen molar-refractivity contribution in [2.75, 3.05) is 6.61 Å². The number of benzene rings is 2. The van der Waals surface area contributed by atoms with Crippen molar-refractivity contribution >= 4 is 11.8 Å². The van der Waals surface area contributed by atoms with Gasteiger partial charge in [0.05, 0.1) is 12.2 Å². The normalized spacial score (nSPS) is 10.4. The molecule has 2 rings (SSSR count). The van der Waals surface area contributed by atoms with Gasteiger partial charge in [0.1, 0.15) is 5.75 Å². The molecular weight excluding hydrogens is 304 g/mol. The van der Waals surface area contributed by atoms with E-state index in [2.05, 4.69) is 6.92 Å². The van der Waals surface area contributed by atoms with E-state index in [9.17, 15) is 14.7 Å². The number of para-hydroxylation sites is 1. The molecule has 0 radical (unpaired) electrons. The van der Waals surface area contributed by atoms with Gasteiger partial charge >= 0.3 is 5.97 Å². The zero-order chi connectivity index (χ0) is 17.4. The van der Waals surface area contributed by atoms with Gasteiger partial charge in [-0.1, -0.05) is 56.2 Å². The lowest BCUT2D eigenvalue weighted by molar-refractivity contribution is 0.0692. The minimum absolute atomic E-state index is 0.0313. The Morgan fingerprint density at radius 1 is 0.958 bits per heavy atom. The van der Waals surface area contributed by atoms with Gasteiger partial charge in [-0.05, 0) is 18.6 Å². The van der Waals surface area contributed by atoms with Crippen molar-refractivity contribution < 1.29 is 19.4 Å². The van der Waals surface area contributed by atoms with Crippen LogP contribution in [0.5, 0.6) is 5.75 Å². The molecule has 1 N–H and O–H groups in total. The van der Waals surface area contributed by atoms with Crippen molar-refractivity contribution in [3.8, 4) is 5.75 Å². The summed E-state index contributed by atoms with van der Waals surface area (Å²) in [6.07, 6.45) is 3.32. The molecule has 4 nitrogen and oxygen atoms in total. The summed E-state index contributed by atoms with van der Waals surface area (Å²) < 4.78 is 5.79. The SMILES string of the molecule is CCCCCOc1ccccc1CC(=O)c1ccccc1C(=O)O. The van der Waals surface area contributed by atoms with Crippen LogP contribution in [0.1, 0.15) is 52.5 Å². The van der Waals surface area contributed by atoms with Crippen molar-refractivity contribution in [3.63, 3.8) is 0 Å². The molecule has 0 saturated carbocycles. The molecule has 0 aliphatic carbocycles. The molecule has 0 spiro atoms. The number of Topliss-reactive ketones (excluding diaryl/α,β-unsaturated/α-hetero) is 1. The van der Waals surface area contributed by atoms with E-state index < -0.39 is 5.97 Å². The lowest BCUT2D eigenvalue weighted by atomic mass is 9.98. The third-order valence-corrected chi connectivity index (χ3v) is 3.79. The molecule has 126 valence electrons. The molecule has 0 unspecified atom stereocenters. The second-order valence-corrected chi connectivity index (χ2v) is 5.61. The summed E-state index contributed by atoms with van der Waals surface area (Å²) >= 11 is 0. The predicted octanol–water partition coefficient (Wildman–Crippen LogP) is 4.38. The van der Waals surface area contributed by atoms with Crippen molar-refractivity contribution in [1.82, 2.24) is 0 Å². The van der Waals surface area contributed by atoms with Crippen molar-refractivity contribution in [3.05, 3.63) is 65.2 Å². The Balaban J connectivity index is 2.13. The topological polar surface area (TPSA) is 63.6 Å². The van der Waals surface area contributed by atoms with Crippen LogP contribution in [0.15, 0.2) is 48.5 Å². The number of carbonyl (C=O) groups is 2. The monoisotopic (exact) mass is 326 g/mol. The number of unbranched alkanes of at least 4 members (excludes halogenated alkanes) is 2. The van der Waals surface area contributed by atoms with E-state index >= 15 is 0 Å². The van der Waals surface area contributed by atoms with Crippen LogP contribution >= 0.6 is 0 Å². The average Bonchev–Trinajstić information content (AvgIpc) is 2.60. The third kappa shape index (κ3) is 4.69. The van der Waals surface area contributed by atoms with Gasteiger partial charge in [0.25, 0.3) is 0 Å². The Morgan fingerprint density at radius 3 is 2.33 bits per heavy atom. The number of ketones is 1. The van der Waals surface area contributed by atoms with Crippen LogP contribution in [-0.2, 0) is 6.42 Å². The smallest absolute Gasteiger partial charge is 0.336 e. The Bertz CT molecular complexity index is 706. The number of ether oxygens (including phenoxy) is 1. The van der Waals surface area contributed by atoms with Crippen LogP contribution in [0.3, 0.4) is 0 Å². The quantitative estimate of drug-likeness (QED) is 0.548. The molecule has 4 heteroatoms. The molecule has 0 amide bonds. The molecule has 0 aliphatic rings. The Hall–Kier alpha value is -2.62. The molecule has 0 heterocycles. The summed E-state index contributed by atoms with van der Waals surface area (Å²) in [5, 5.41) is 9.22. The van der Waals surface area contributed by atoms with Gasteiger partial charge in [-0.3, -0.25) is 4.79 Å². The number of aromatic carboxylic acids is 1. The first-order valence-corrected chi connectivity index (χ1v) is 8.19. The first-order valence-electron chi connectivity index (χ1n) is 8.19. The fraction of sp³-hybridized carbons (Fsp3) is 0.300. The van der Waals surface area contributed by atoms with Crippen LogP contribution in [-0.4, -0.2) is 23.5 Å². The van der Waals surface area contributed by atoms with Crippen LogP contribution < -0.4 is 4.74 Å². The number of hydrogen-bond acceptors (Lipinski definition) is 3. The van der Waals surface area contributed by atoms with Gasteiger partial charge in [-0.25, -0.2) is 4.79 Å². The zero-order valence-corrected chi connectivity index (χ0v) is 13.8. The molecule has 0 atom stereocenters. The molecule has 0 fully saturated rings. The highest BCUT2D eigenvalue weighted by atomic mass is 16.5. The van der Waals surface area contributed by atoms with Gasteiger partial charge in [0.2, 0.25) is 0 Å². The van der Waals surface area contributed by atoms with E-state index in [0.29, 0.717) is 12.4 Å². The molecule has 2 aromatic rings. The van der Waals surface area contributed by atoms with Crippen LogP contribution in [0, 0.1) is 0 Å². The van der Waals surface area contributed by atoms with Gasteiger partial charge in [-0.2, -0.15) is 0 Å². The number of hydrogen-bond donors (Lipinski definition) is 1. The van der Waals surface area contributed by atoms with E-state index in [4.69, 9.17) is 4.74 Å². The standard InChI is InChI=1S/C20H22O4/c1-2-3-8-13-24-19-12-7-4-9-15(19)14-18(21)16-10-5-6-11-17(16)20(22)23/h4-7,9-12H,2-3,8,13-14H2,1H3,(H,22,23). The number of carboxylic acid groups (broad SMARTS) is 1. The van der Waals surface area contributed by atoms with Crippen LogP contribution in [0.4, 0.5) is 0 Å². The fourth-order valence-electron chi connectivity index (χ4n) is 2.51. The molecule has 0 saturated heterocycles. The Morgan fingerprint density at radius 2 is 1.62 bits per heavy atom. The lowest BCUT2D eigenvalue weighted by Gasteiger charge is -2.11. The second-order valence-electron chi connectivity index (χ2n) is 5.61. The van der Waals surface area contributed by atoms with Crippen LogP contribution in [0.2, 0.25) is 0 Å². The van der Waals surface area contributed by atoms with E-state index in [1.165, 1.54) is 6.07 Å². The van der Waals surface area contributed by atoms with E-state index in [-0.39, 0.29) is 23.3 Å².